The van der Waals surface area contributed by atoms with Crippen LogP contribution in [0.2, 0.25) is 5.02 Å². The van der Waals surface area contributed by atoms with Crippen molar-refractivity contribution in [1.29, 1.82) is 0 Å². The number of aromatic carboxylic acids is 1. The zero-order valence-corrected chi connectivity index (χ0v) is 24.6. The van der Waals surface area contributed by atoms with Crippen molar-refractivity contribution in [3.63, 3.8) is 0 Å². The summed E-state index contributed by atoms with van der Waals surface area (Å²) in [4.78, 5) is 12.7. The second-order valence-electron chi connectivity index (χ2n) is 10.9. The molecule has 3 aromatic carbocycles. The van der Waals surface area contributed by atoms with Crippen molar-refractivity contribution in [2.75, 3.05) is 13.2 Å². The molecule has 230 valence electrons. The number of hydrogen-bond acceptors (Lipinski definition) is 4. The quantitative estimate of drug-likeness (QED) is 0.154. The number of carboxylic acids is 1. The van der Waals surface area contributed by atoms with Gasteiger partial charge in [0.25, 0.3) is 0 Å². The van der Waals surface area contributed by atoms with E-state index in [0.29, 0.717) is 28.8 Å². The molecule has 0 bridgehead atoms. The van der Waals surface area contributed by atoms with Crippen molar-refractivity contribution in [1.82, 2.24) is 14.3 Å². The van der Waals surface area contributed by atoms with Crippen molar-refractivity contribution in [2.45, 2.75) is 44.8 Å². The smallest absolute Gasteiger partial charge is 0.352 e. The van der Waals surface area contributed by atoms with E-state index in [-0.39, 0.29) is 40.4 Å². The summed E-state index contributed by atoms with van der Waals surface area (Å²) in [6, 6.07) is 16.4. The maximum atomic E-state index is 15.3. The second-order valence-corrected chi connectivity index (χ2v) is 11.3. The van der Waals surface area contributed by atoms with Gasteiger partial charge in [-0.2, -0.15) is 22.7 Å². The number of aromatic nitrogens is 3. The number of aryl methyl sites for hydroxylation is 2. The van der Waals surface area contributed by atoms with Crippen molar-refractivity contribution in [2.24, 2.45) is 7.05 Å². The van der Waals surface area contributed by atoms with Gasteiger partial charge in [0.15, 0.2) is 0 Å². The van der Waals surface area contributed by atoms with Crippen LogP contribution in [0.1, 0.15) is 33.9 Å². The van der Waals surface area contributed by atoms with E-state index in [9.17, 15) is 18.7 Å². The lowest BCUT2D eigenvalue weighted by Crippen LogP contribution is -2.47. The van der Waals surface area contributed by atoms with Crippen LogP contribution in [0.25, 0.3) is 32.8 Å². The topological polar surface area (TPSA) is 78.5 Å². The van der Waals surface area contributed by atoms with E-state index in [1.165, 1.54) is 4.68 Å². The second kappa shape index (κ2) is 11.1. The van der Waals surface area contributed by atoms with Crippen LogP contribution in [0.3, 0.4) is 0 Å². The molecule has 2 aromatic heterocycles. The van der Waals surface area contributed by atoms with Crippen molar-refractivity contribution in [3.8, 4) is 16.9 Å². The van der Waals surface area contributed by atoms with Crippen LogP contribution in [0.4, 0.5) is 17.6 Å². The summed E-state index contributed by atoms with van der Waals surface area (Å²) in [5.74, 6) is -10.1. The van der Waals surface area contributed by atoms with Crippen LogP contribution >= 0.6 is 11.6 Å². The maximum absolute atomic E-state index is 15.3. The van der Waals surface area contributed by atoms with Gasteiger partial charge in [-0.1, -0.05) is 54.1 Å². The van der Waals surface area contributed by atoms with Crippen LogP contribution in [-0.2, 0) is 31.4 Å². The molecule has 0 saturated heterocycles. The number of ether oxygens (including phenoxy) is 2. The predicted molar refractivity (Wildman–Crippen MR) is 158 cm³/mol. The summed E-state index contributed by atoms with van der Waals surface area (Å²) in [6.45, 7) is -1.74. The zero-order valence-electron chi connectivity index (χ0n) is 23.8. The monoisotopic (exact) mass is 629 g/mol. The van der Waals surface area contributed by atoms with Crippen molar-refractivity contribution in [3.05, 3.63) is 82.3 Å². The molecular weight excluding hydrogens is 602 g/mol. The molecule has 44 heavy (non-hydrogen) atoms. The van der Waals surface area contributed by atoms with E-state index in [0.717, 1.165) is 15.3 Å². The van der Waals surface area contributed by atoms with Crippen LogP contribution in [0.15, 0.2) is 54.6 Å². The van der Waals surface area contributed by atoms with E-state index < -0.39 is 43.3 Å². The van der Waals surface area contributed by atoms with Gasteiger partial charge in [-0.15, -0.1) is 0 Å². The first-order valence-corrected chi connectivity index (χ1v) is 14.3. The third-order valence-electron chi connectivity index (χ3n) is 8.13. The number of benzene rings is 3. The summed E-state index contributed by atoms with van der Waals surface area (Å²) in [7, 11) is 1.65. The Balaban J connectivity index is 1.49. The fraction of sp³-hybridized carbons (Fsp3) is 0.312. The molecule has 0 unspecified atom stereocenters. The van der Waals surface area contributed by atoms with Gasteiger partial charge in [-0.25, -0.2) is 4.79 Å². The largest absolute Gasteiger partial charge is 0.493 e. The third kappa shape index (κ3) is 4.97. The molecule has 0 aliphatic carbocycles. The first kappa shape index (κ1) is 30.0. The number of hydrogen-bond donors (Lipinski definition) is 1. The highest BCUT2D eigenvalue weighted by molar-refractivity contribution is 6.35. The van der Waals surface area contributed by atoms with Crippen molar-refractivity contribution >= 4 is 39.2 Å². The number of rotatable bonds is 6. The molecule has 1 aliphatic heterocycles. The Kier molecular flexibility index (Phi) is 7.57. The van der Waals surface area contributed by atoms with Crippen LogP contribution in [0, 0.1) is 6.92 Å². The van der Waals surface area contributed by atoms with Gasteiger partial charge >= 0.3 is 17.8 Å². The Hall–Kier alpha value is -4.09. The number of carboxylic acid groups (broad SMARTS) is 1. The molecular formula is C32H28ClF4N3O4. The minimum atomic E-state index is -4.65. The van der Waals surface area contributed by atoms with Crippen LogP contribution in [-0.4, -0.2) is 50.5 Å². The molecule has 0 fully saturated rings. The van der Waals surface area contributed by atoms with Crippen LogP contribution < -0.4 is 4.74 Å². The molecule has 5 aromatic rings. The number of nitrogens with zero attached hydrogens (tertiary/aromatic N) is 3. The molecule has 12 heteroatoms. The number of fused-ring (bicyclic) bond motifs is 3. The third-order valence-corrected chi connectivity index (χ3v) is 8.44. The van der Waals surface area contributed by atoms with E-state index in [1.807, 2.05) is 42.5 Å². The first-order chi connectivity index (χ1) is 20.9. The summed E-state index contributed by atoms with van der Waals surface area (Å²) in [5, 5.41) is 17.1. The van der Waals surface area contributed by atoms with E-state index >= 15 is 8.78 Å². The lowest BCUT2D eigenvalue weighted by atomic mass is 9.98. The standard InChI is InChI=1S/C32H28ClF4N3O4/c1-18-26-24(38-39(18)2)15-43-17-32(36,37)31(34,35)16-40-28-22(12-13-23(33)27(26)28)21(29(40)30(41)42)10-6-14-44-25-11-5-8-19-7-3-4-9-20(19)25/h3-5,7-9,11-13H,6,10,14-17H2,1-2H3,(H,41,42). The minimum Gasteiger partial charge on any atom is -0.493 e. The summed E-state index contributed by atoms with van der Waals surface area (Å²) < 4.78 is 73.9. The maximum Gasteiger partial charge on any atom is 0.352 e. The van der Waals surface area contributed by atoms with E-state index in [1.54, 1.807) is 26.1 Å². The lowest BCUT2D eigenvalue weighted by molar-refractivity contribution is -0.239. The molecule has 1 N–H and O–H groups in total. The Bertz CT molecular complexity index is 1910. The van der Waals surface area contributed by atoms with E-state index in [2.05, 4.69) is 5.10 Å². The van der Waals surface area contributed by atoms with Gasteiger partial charge < -0.3 is 19.1 Å². The molecule has 0 radical (unpaired) electrons. The normalized spacial score (nSPS) is 16.1. The lowest BCUT2D eigenvalue weighted by Gasteiger charge is -2.27. The zero-order chi connectivity index (χ0) is 31.4. The highest BCUT2D eigenvalue weighted by Gasteiger charge is 2.57. The summed E-state index contributed by atoms with van der Waals surface area (Å²) in [5.41, 5.74) is 1.18. The molecule has 6 rings (SSSR count). The SMILES string of the molecule is Cc1c2c(nn1C)COCC(F)(F)C(F)(F)Cn1c(C(=O)O)c(CCCOc3cccc4ccccc34)c3ccc(Cl)c-2c31. The number of alkyl halides is 4. The first-order valence-electron chi connectivity index (χ1n) is 13.9. The molecule has 0 atom stereocenters. The predicted octanol–water partition coefficient (Wildman–Crippen LogP) is 7.67. The van der Waals surface area contributed by atoms with E-state index in [4.69, 9.17) is 21.1 Å². The molecule has 3 heterocycles. The Labute approximate surface area is 254 Å². The molecule has 0 spiro atoms. The Morgan fingerprint density at radius 2 is 1.80 bits per heavy atom. The number of carbonyl (C=O) groups is 1. The highest BCUT2D eigenvalue weighted by atomic mass is 35.5. The molecule has 7 nitrogen and oxygen atoms in total. The van der Waals surface area contributed by atoms with Gasteiger partial charge in [0.05, 0.1) is 36.0 Å². The minimum absolute atomic E-state index is 0.0228. The van der Waals surface area contributed by atoms with Gasteiger partial charge in [0.2, 0.25) is 0 Å². The van der Waals surface area contributed by atoms with Gasteiger partial charge in [-0.05, 0) is 42.8 Å². The molecule has 1 aliphatic rings. The average Bonchev–Trinajstić information content (AvgIpc) is 3.42. The fourth-order valence-electron chi connectivity index (χ4n) is 5.94. The van der Waals surface area contributed by atoms with Crippen LogP contribution in [0.5, 0.6) is 5.75 Å². The van der Waals surface area contributed by atoms with Gasteiger partial charge in [0, 0.05) is 34.6 Å². The summed E-state index contributed by atoms with van der Waals surface area (Å²) >= 11 is 6.70. The fourth-order valence-corrected chi connectivity index (χ4v) is 6.18. The Morgan fingerprint density at radius 3 is 2.57 bits per heavy atom. The van der Waals surface area contributed by atoms with Gasteiger partial charge in [-0.3, -0.25) is 4.68 Å². The number of halogens is 5. The molecule has 0 amide bonds. The van der Waals surface area contributed by atoms with Gasteiger partial charge in [0.1, 0.15) is 18.1 Å². The summed E-state index contributed by atoms with van der Waals surface area (Å²) in [6.07, 6.45) is 0.430. The molecule has 0 saturated carbocycles. The highest BCUT2D eigenvalue weighted by Crippen LogP contribution is 2.45. The Morgan fingerprint density at radius 1 is 1.05 bits per heavy atom. The van der Waals surface area contributed by atoms with Crippen molar-refractivity contribution < 1.29 is 36.9 Å². The average molecular weight is 630 g/mol.